The quantitative estimate of drug-likeness (QED) is 0.880. The van der Waals surface area contributed by atoms with Gasteiger partial charge in [-0.05, 0) is 43.5 Å². The molecule has 0 spiro atoms. The van der Waals surface area contributed by atoms with E-state index in [2.05, 4.69) is 21.2 Å². The average molecular weight is 313 g/mol. The lowest BCUT2D eigenvalue weighted by atomic mass is 9.90. The Bertz CT molecular complexity index is 456. The van der Waals surface area contributed by atoms with Crippen molar-refractivity contribution in [3.8, 4) is 0 Å². The van der Waals surface area contributed by atoms with E-state index >= 15 is 0 Å². The monoisotopic (exact) mass is 312 g/mol. The van der Waals surface area contributed by atoms with Crippen LogP contribution >= 0.6 is 15.9 Å². The highest BCUT2D eigenvalue weighted by Gasteiger charge is 2.35. The van der Waals surface area contributed by atoms with Crippen LogP contribution < -0.4 is 11.1 Å². The van der Waals surface area contributed by atoms with E-state index in [-0.39, 0.29) is 5.91 Å². The van der Waals surface area contributed by atoms with Gasteiger partial charge in [0.1, 0.15) is 5.54 Å². The predicted molar refractivity (Wildman–Crippen MR) is 74.5 cm³/mol. The molecule has 98 valence electrons. The standard InChI is InChI=1S/C13H17BrN2O2/c1-9-8-10(2-3-11(9)14)16-12(17)13(15)4-6-18-7-5-13/h2-3,8H,4-7,15H2,1H3,(H,16,17). The van der Waals surface area contributed by atoms with Gasteiger partial charge in [0.2, 0.25) is 5.91 Å². The molecule has 5 heteroatoms. The fourth-order valence-corrected chi connectivity index (χ4v) is 2.19. The van der Waals surface area contributed by atoms with Crippen LogP contribution in [0, 0.1) is 6.92 Å². The van der Waals surface area contributed by atoms with Crippen molar-refractivity contribution < 1.29 is 9.53 Å². The molecule has 18 heavy (non-hydrogen) atoms. The van der Waals surface area contributed by atoms with E-state index in [0.717, 1.165) is 15.7 Å². The molecule has 1 aromatic rings. The third-order valence-corrected chi connectivity index (χ3v) is 4.14. The molecule has 0 radical (unpaired) electrons. The highest BCUT2D eigenvalue weighted by molar-refractivity contribution is 9.10. The minimum Gasteiger partial charge on any atom is -0.381 e. The molecule has 1 amide bonds. The van der Waals surface area contributed by atoms with Gasteiger partial charge in [-0.3, -0.25) is 4.79 Å². The van der Waals surface area contributed by atoms with Crippen molar-refractivity contribution in [1.29, 1.82) is 0 Å². The number of carbonyl (C=O) groups excluding carboxylic acids is 1. The summed E-state index contributed by atoms with van der Waals surface area (Å²) in [4.78, 5) is 12.2. The van der Waals surface area contributed by atoms with Crippen LogP contribution in [0.15, 0.2) is 22.7 Å². The molecule has 3 N–H and O–H groups in total. The summed E-state index contributed by atoms with van der Waals surface area (Å²) in [5, 5.41) is 2.88. The Balaban J connectivity index is 2.08. The van der Waals surface area contributed by atoms with E-state index in [0.29, 0.717) is 26.1 Å². The number of hydrogen-bond donors (Lipinski definition) is 2. The number of rotatable bonds is 2. The Morgan fingerprint density at radius 2 is 2.11 bits per heavy atom. The second-order valence-corrected chi connectivity index (χ2v) is 5.54. The first-order chi connectivity index (χ1) is 8.51. The molecule has 0 unspecified atom stereocenters. The van der Waals surface area contributed by atoms with Gasteiger partial charge >= 0.3 is 0 Å². The van der Waals surface area contributed by atoms with E-state index in [1.54, 1.807) is 0 Å². The molecule has 1 saturated heterocycles. The third kappa shape index (κ3) is 2.91. The van der Waals surface area contributed by atoms with Crippen LogP contribution in [0.1, 0.15) is 18.4 Å². The maximum Gasteiger partial charge on any atom is 0.244 e. The number of aryl methyl sites for hydroxylation is 1. The Kier molecular flexibility index (Phi) is 4.04. The van der Waals surface area contributed by atoms with Crippen molar-refractivity contribution in [3.05, 3.63) is 28.2 Å². The van der Waals surface area contributed by atoms with Crippen molar-refractivity contribution in [3.63, 3.8) is 0 Å². The minimum atomic E-state index is -0.806. The Morgan fingerprint density at radius 1 is 1.44 bits per heavy atom. The normalized spacial score (nSPS) is 18.4. The molecular weight excluding hydrogens is 296 g/mol. The summed E-state index contributed by atoms with van der Waals surface area (Å²) >= 11 is 3.43. The van der Waals surface area contributed by atoms with E-state index in [1.165, 1.54) is 0 Å². The predicted octanol–water partition coefficient (Wildman–Crippen LogP) is 2.20. The van der Waals surface area contributed by atoms with Gasteiger partial charge in [0.05, 0.1) is 0 Å². The summed E-state index contributed by atoms with van der Waals surface area (Å²) in [6.07, 6.45) is 1.13. The number of nitrogens with one attached hydrogen (secondary N) is 1. The first-order valence-corrected chi connectivity index (χ1v) is 6.75. The smallest absolute Gasteiger partial charge is 0.244 e. The first-order valence-electron chi connectivity index (χ1n) is 5.95. The van der Waals surface area contributed by atoms with Gasteiger partial charge < -0.3 is 15.8 Å². The van der Waals surface area contributed by atoms with Crippen molar-refractivity contribution in [1.82, 2.24) is 0 Å². The SMILES string of the molecule is Cc1cc(NC(=O)C2(N)CCOCC2)ccc1Br. The number of anilines is 1. The largest absolute Gasteiger partial charge is 0.381 e. The van der Waals surface area contributed by atoms with Crippen molar-refractivity contribution in [2.45, 2.75) is 25.3 Å². The average Bonchev–Trinajstić information content (AvgIpc) is 2.35. The van der Waals surface area contributed by atoms with Gasteiger partial charge in [0, 0.05) is 23.4 Å². The number of ether oxygens (including phenoxy) is 1. The van der Waals surface area contributed by atoms with Crippen LogP contribution in [-0.4, -0.2) is 24.7 Å². The number of hydrogen-bond acceptors (Lipinski definition) is 3. The summed E-state index contributed by atoms with van der Waals surface area (Å²) in [7, 11) is 0. The summed E-state index contributed by atoms with van der Waals surface area (Å²) in [6, 6.07) is 5.69. The van der Waals surface area contributed by atoms with Gasteiger partial charge in [-0.25, -0.2) is 0 Å². The highest BCUT2D eigenvalue weighted by Crippen LogP contribution is 2.23. The van der Waals surface area contributed by atoms with E-state index in [1.807, 2.05) is 25.1 Å². The lowest BCUT2D eigenvalue weighted by Gasteiger charge is -2.31. The number of nitrogens with two attached hydrogens (primary N) is 1. The fourth-order valence-electron chi connectivity index (χ4n) is 1.94. The number of carbonyl (C=O) groups is 1. The zero-order valence-electron chi connectivity index (χ0n) is 10.3. The zero-order valence-corrected chi connectivity index (χ0v) is 11.9. The maximum atomic E-state index is 12.2. The van der Waals surface area contributed by atoms with Crippen LogP contribution in [0.3, 0.4) is 0 Å². The summed E-state index contributed by atoms with van der Waals surface area (Å²) in [5.74, 6) is -0.132. The molecular formula is C13H17BrN2O2. The van der Waals surface area contributed by atoms with Crippen LogP contribution in [0.5, 0.6) is 0 Å². The van der Waals surface area contributed by atoms with Crippen LogP contribution in [0.2, 0.25) is 0 Å². The Morgan fingerprint density at radius 3 is 2.72 bits per heavy atom. The van der Waals surface area contributed by atoms with Crippen LogP contribution in [-0.2, 0) is 9.53 Å². The van der Waals surface area contributed by atoms with E-state index in [9.17, 15) is 4.79 Å². The van der Waals surface area contributed by atoms with E-state index < -0.39 is 5.54 Å². The lowest BCUT2D eigenvalue weighted by molar-refractivity contribution is -0.124. The molecule has 1 aromatic carbocycles. The van der Waals surface area contributed by atoms with Gasteiger partial charge in [-0.15, -0.1) is 0 Å². The molecule has 0 aliphatic carbocycles. The zero-order chi connectivity index (χ0) is 13.2. The van der Waals surface area contributed by atoms with Crippen molar-refractivity contribution in [2.75, 3.05) is 18.5 Å². The van der Waals surface area contributed by atoms with Crippen molar-refractivity contribution in [2.24, 2.45) is 5.73 Å². The second kappa shape index (κ2) is 5.38. The molecule has 2 rings (SSSR count). The number of amides is 1. The van der Waals surface area contributed by atoms with Crippen LogP contribution in [0.4, 0.5) is 5.69 Å². The number of benzene rings is 1. The highest BCUT2D eigenvalue weighted by atomic mass is 79.9. The molecule has 4 nitrogen and oxygen atoms in total. The molecule has 1 fully saturated rings. The lowest BCUT2D eigenvalue weighted by Crippen LogP contribution is -2.54. The molecule has 0 saturated carbocycles. The maximum absolute atomic E-state index is 12.2. The Hall–Kier alpha value is -0.910. The summed E-state index contributed by atoms with van der Waals surface area (Å²) in [5.41, 5.74) is 7.16. The van der Waals surface area contributed by atoms with Gasteiger partial charge in [-0.1, -0.05) is 15.9 Å². The number of halogens is 1. The molecule has 1 heterocycles. The molecule has 0 aromatic heterocycles. The van der Waals surface area contributed by atoms with Gasteiger partial charge in [-0.2, -0.15) is 0 Å². The van der Waals surface area contributed by atoms with E-state index in [4.69, 9.17) is 10.5 Å². The Labute approximate surface area is 115 Å². The topological polar surface area (TPSA) is 64.4 Å². The van der Waals surface area contributed by atoms with Gasteiger partial charge in [0.15, 0.2) is 0 Å². The fraction of sp³-hybridized carbons (Fsp3) is 0.462. The molecule has 0 bridgehead atoms. The third-order valence-electron chi connectivity index (χ3n) is 3.25. The van der Waals surface area contributed by atoms with Crippen LogP contribution in [0.25, 0.3) is 0 Å². The molecule has 1 aliphatic heterocycles. The second-order valence-electron chi connectivity index (χ2n) is 4.69. The molecule has 1 aliphatic rings. The summed E-state index contributed by atoms with van der Waals surface area (Å²) < 4.78 is 6.26. The van der Waals surface area contributed by atoms with Gasteiger partial charge in [0.25, 0.3) is 0 Å². The van der Waals surface area contributed by atoms with Crippen molar-refractivity contribution >= 4 is 27.5 Å². The first kappa shape index (κ1) is 13.5. The minimum absolute atomic E-state index is 0.132. The summed E-state index contributed by atoms with van der Waals surface area (Å²) in [6.45, 7) is 3.07. The molecule has 0 atom stereocenters.